The molecular weight excluding hydrogens is 276 g/mol. The van der Waals surface area contributed by atoms with Crippen LogP contribution in [-0.4, -0.2) is 17.9 Å². The Balaban J connectivity index is 2.28. The van der Waals surface area contributed by atoms with E-state index in [4.69, 9.17) is 4.74 Å². The number of methoxy groups -OCH3 is 1. The minimum atomic E-state index is -0.622. The first kappa shape index (κ1) is 15.6. The van der Waals surface area contributed by atoms with Crippen LogP contribution in [0, 0.1) is 11.3 Å². The molecule has 0 fully saturated rings. The molecule has 4 heteroatoms. The third kappa shape index (κ3) is 3.64. The molecule has 0 N–H and O–H groups in total. The van der Waals surface area contributed by atoms with Gasteiger partial charge in [-0.2, -0.15) is 5.26 Å². The Morgan fingerprint density at radius 3 is 2.32 bits per heavy atom. The van der Waals surface area contributed by atoms with Gasteiger partial charge in [0.25, 0.3) is 0 Å². The van der Waals surface area contributed by atoms with Crippen molar-refractivity contribution in [2.75, 3.05) is 7.11 Å². The van der Waals surface area contributed by atoms with Crippen LogP contribution in [0.4, 0.5) is 0 Å². The van der Waals surface area contributed by atoms with E-state index >= 15 is 0 Å². The largest absolute Gasteiger partial charge is 0.497 e. The van der Waals surface area contributed by atoms with Gasteiger partial charge in [-0.1, -0.05) is 42.5 Å². The maximum atomic E-state index is 12.0. The first-order valence-corrected chi connectivity index (χ1v) is 7.00. The number of amides is 1. The molecule has 2 aromatic carbocycles. The fourth-order valence-corrected chi connectivity index (χ4v) is 2.27. The Morgan fingerprint density at radius 1 is 1.18 bits per heavy atom. The lowest BCUT2D eigenvalue weighted by Gasteiger charge is -2.26. The van der Waals surface area contributed by atoms with Crippen LogP contribution in [0.2, 0.25) is 0 Å². The van der Waals surface area contributed by atoms with Gasteiger partial charge in [0.15, 0.2) is 0 Å². The van der Waals surface area contributed by atoms with E-state index in [0.717, 1.165) is 16.9 Å². The third-order valence-corrected chi connectivity index (χ3v) is 3.47. The van der Waals surface area contributed by atoms with Crippen molar-refractivity contribution in [3.8, 4) is 11.8 Å². The van der Waals surface area contributed by atoms with E-state index in [-0.39, 0.29) is 5.91 Å². The fraction of sp³-hybridized carbons (Fsp3) is 0.222. The van der Waals surface area contributed by atoms with Crippen LogP contribution in [-0.2, 0) is 11.3 Å². The normalized spacial score (nSPS) is 11.3. The van der Waals surface area contributed by atoms with E-state index in [2.05, 4.69) is 6.07 Å². The highest BCUT2D eigenvalue weighted by Crippen LogP contribution is 2.24. The quantitative estimate of drug-likeness (QED) is 0.850. The van der Waals surface area contributed by atoms with Crippen LogP contribution in [0.25, 0.3) is 0 Å². The molecule has 4 nitrogen and oxygen atoms in total. The topological polar surface area (TPSA) is 53.3 Å². The highest BCUT2D eigenvalue weighted by Gasteiger charge is 2.22. The van der Waals surface area contributed by atoms with Crippen molar-refractivity contribution < 1.29 is 9.53 Å². The molecule has 0 aliphatic rings. The second-order valence-corrected chi connectivity index (χ2v) is 4.94. The van der Waals surface area contributed by atoms with Crippen molar-refractivity contribution in [2.45, 2.75) is 19.5 Å². The van der Waals surface area contributed by atoms with Gasteiger partial charge < -0.3 is 9.64 Å². The minimum absolute atomic E-state index is 0.133. The first-order chi connectivity index (χ1) is 10.7. The van der Waals surface area contributed by atoms with Crippen LogP contribution >= 0.6 is 0 Å². The van der Waals surface area contributed by atoms with E-state index < -0.39 is 6.04 Å². The molecule has 0 aliphatic heterocycles. The maximum absolute atomic E-state index is 12.0. The van der Waals surface area contributed by atoms with E-state index in [0.29, 0.717) is 6.54 Å². The summed E-state index contributed by atoms with van der Waals surface area (Å²) in [7, 11) is 1.59. The second-order valence-electron chi connectivity index (χ2n) is 4.94. The predicted octanol–water partition coefficient (Wildman–Crippen LogP) is 3.31. The Bertz CT molecular complexity index is 660. The molecular formula is C18H18N2O2. The zero-order valence-electron chi connectivity index (χ0n) is 12.7. The summed E-state index contributed by atoms with van der Waals surface area (Å²) in [5, 5.41) is 9.53. The van der Waals surface area contributed by atoms with Gasteiger partial charge in [0.2, 0.25) is 5.91 Å². The average molecular weight is 294 g/mol. The number of hydrogen-bond donors (Lipinski definition) is 0. The zero-order valence-corrected chi connectivity index (χ0v) is 12.7. The number of carbonyl (C=O) groups is 1. The Labute approximate surface area is 130 Å². The van der Waals surface area contributed by atoms with E-state index in [9.17, 15) is 10.1 Å². The molecule has 0 bridgehead atoms. The molecule has 1 atom stereocenters. The summed E-state index contributed by atoms with van der Waals surface area (Å²) in [4.78, 5) is 13.6. The summed E-state index contributed by atoms with van der Waals surface area (Å²) in [6.45, 7) is 1.89. The molecule has 22 heavy (non-hydrogen) atoms. The summed E-state index contributed by atoms with van der Waals surface area (Å²) in [5.74, 6) is 0.587. The van der Waals surface area contributed by atoms with Crippen LogP contribution < -0.4 is 4.74 Å². The van der Waals surface area contributed by atoms with E-state index in [1.807, 2.05) is 42.5 Å². The summed E-state index contributed by atoms with van der Waals surface area (Å²) in [5.41, 5.74) is 1.76. The number of hydrogen-bond acceptors (Lipinski definition) is 3. The number of benzene rings is 2. The summed E-state index contributed by atoms with van der Waals surface area (Å²) < 4.78 is 5.12. The van der Waals surface area contributed by atoms with Gasteiger partial charge in [-0.3, -0.25) is 4.79 Å². The standard InChI is InChI=1S/C18H18N2O2/c1-14(21)20(13-15-6-4-3-5-7-15)18(12-19)16-8-10-17(22-2)11-9-16/h3-11,18H,13H2,1-2H3. The number of rotatable bonds is 5. The van der Waals surface area contributed by atoms with Crippen molar-refractivity contribution in [3.63, 3.8) is 0 Å². The summed E-state index contributed by atoms with van der Waals surface area (Å²) >= 11 is 0. The first-order valence-electron chi connectivity index (χ1n) is 7.00. The molecule has 1 amide bonds. The molecule has 1 unspecified atom stereocenters. The van der Waals surface area contributed by atoms with Crippen LogP contribution in [0.3, 0.4) is 0 Å². The van der Waals surface area contributed by atoms with Crippen molar-refractivity contribution >= 4 is 5.91 Å². The van der Waals surface area contributed by atoms with E-state index in [1.165, 1.54) is 6.92 Å². The van der Waals surface area contributed by atoms with Gasteiger partial charge in [0, 0.05) is 13.5 Å². The number of carbonyl (C=O) groups excluding carboxylic acids is 1. The molecule has 0 saturated carbocycles. The Morgan fingerprint density at radius 2 is 1.82 bits per heavy atom. The summed E-state index contributed by atoms with van der Waals surface area (Å²) in [6, 6.07) is 18.5. The highest BCUT2D eigenvalue weighted by atomic mass is 16.5. The van der Waals surface area contributed by atoms with E-state index in [1.54, 1.807) is 24.1 Å². The number of ether oxygens (including phenoxy) is 1. The Kier molecular flexibility index (Phi) is 5.16. The van der Waals surface area contributed by atoms with Crippen molar-refractivity contribution in [1.82, 2.24) is 4.90 Å². The van der Waals surface area contributed by atoms with Gasteiger partial charge in [-0.05, 0) is 23.3 Å². The molecule has 0 radical (unpaired) electrons. The van der Waals surface area contributed by atoms with Gasteiger partial charge in [-0.15, -0.1) is 0 Å². The van der Waals surface area contributed by atoms with Gasteiger partial charge in [0.1, 0.15) is 11.8 Å². The van der Waals surface area contributed by atoms with Crippen molar-refractivity contribution in [1.29, 1.82) is 5.26 Å². The lowest BCUT2D eigenvalue weighted by atomic mass is 10.0. The molecule has 2 rings (SSSR count). The molecule has 112 valence electrons. The number of nitriles is 1. The molecule has 0 spiro atoms. The van der Waals surface area contributed by atoms with Crippen LogP contribution in [0.5, 0.6) is 5.75 Å². The lowest BCUT2D eigenvalue weighted by Crippen LogP contribution is -2.31. The molecule has 2 aromatic rings. The SMILES string of the molecule is COc1ccc(C(C#N)N(Cc2ccccc2)C(C)=O)cc1. The van der Waals surface area contributed by atoms with Gasteiger partial charge in [-0.25, -0.2) is 0 Å². The number of nitrogens with zero attached hydrogens (tertiary/aromatic N) is 2. The maximum Gasteiger partial charge on any atom is 0.221 e. The monoisotopic (exact) mass is 294 g/mol. The summed E-state index contributed by atoms with van der Waals surface area (Å²) in [6.07, 6.45) is 0. The lowest BCUT2D eigenvalue weighted by molar-refractivity contribution is -0.130. The average Bonchev–Trinajstić information content (AvgIpc) is 2.56. The zero-order chi connectivity index (χ0) is 15.9. The predicted molar refractivity (Wildman–Crippen MR) is 84.0 cm³/mol. The third-order valence-electron chi connectivity index (χ3n) is 3.47. The van der Waals surface area contributed by atoms with Gasteiger partial charge in [0.05, 0.1) is 13.2 Å². The van der Waals surface area contributed by atoms with Crippen LogP contribution in [0.1, 0.15) is 24.1 Å². The molecule has 0 saturated heterocycles. The van der Waals surface area contributed by atoms with Crippen LogP contribution in [0.15, 0.2) is 54.6 Å². The van der Waals surface area contributed by atoms with Crippen molar-refractivity contribution in [3.05, 3.63) is 65.7 Å². The second kappa shape index (κ2) is 7.28. The van der Waals surface area contributed by atoms with Gasteiger partial charge >= 0.3 is 0 Å². The fourth-order valence-electron chi connectivity index (χ4n) is 2.27. The highest BCUT2D eigenvalue weighted by molar-refractivity contribution is 5.74. The molecule has 0 aliphatic carbocycles. The van der Waals surface area contributed by atoms with Crippen molar-refractivity contribution in [2.24, 2.45) is 0 Å². The minimum Gasteiger partial charge on any atom is -0.497 e. The Hall–Kier alpha value is -2.80. The molecule has 0 heterocycles. The molecule has 0 aromatic heterocycles. The smallest absolute Gasteiger partial charge is 0.221 e.